The Bertz CT molecular complexity index is 196. The van der Waals surface area contributed by atoms with E-state index >= 15 is 0 Å². The van der Waals surface area contributed by atoms with Gasteiger partial charge in [-0.05, 0) is 39.3 Å². The van der Waals surface area contributed by atoms with Crippen molar-refractivity contribution in [2.45, 2.75) is 44.2 Å². The van der Waals surface area contributed by atoms with Crippen LogP contribution < -0.4 is 5.32 Å². The van der Waals surface area contributed by atoms with E-state index in [9.17, 15) is 0 Å². The smallest absolute Gasteiger partial charge is 0.0622 e. The van der Waals surface area contributed by atoms with Crippen molar-refractivity contribution in [2.75, 3.05) is 33.4 Å². The maximum absolute atomic E-state index is 5.45. The van der Waals surface area contributed by atoms with E-state index in [0.717, 1.165) is 13.2 Å². The molecule has 2 heterocycles. The fraction of sp³-hybridized carbons (Fsp3) is 1.00. The van der Waals surface area contributed by atoms with Crippen molar-refractivity contribution >= 4 is 0 Å². The molecular weight excluding hydrogens is 188 g/mol. The van der Waals surface area contributed by atoms with Crippen molar-refractivity contribution in [3.05, 3.63) is 0 Å². The topological polar surface area (TPSA) is 24.5 Å². The van der Waals surface area contributed by atoms with Crippen molar-refractivity contribution in [2.24, 2.45) is 0 Å². The van der Waals surface area contributed by atoms with Crippen LogP contribution in [0.3, 0.4) is 0 Å². The Morgan fingerprint density at radius 3 is 2.93 bits per heavy atom. The van der Waals surface area contributed by atoms with Crippen LogP contribution >= 0.6 is 0 Å². The molecule has 15 heavy (non-hydrogen) atoms. The summed E-state index contributed by atoms with van der Waals surface area (Å²) >= 11 is 0. The number of nitrogens with zero attached hydrogens (tertiary/aromatic N) is 1. The van der Waals surface area contributed by atoms with Crippen LogP contribution in [0, 0.1) is 0 Å². The van der Waals surface area contributed by atoms with E-state index in [1.165, 1.54) is 38.8 Å². The maximum Gasteiger partial charge on any atom is 0.0622 e. The third kappa shape index (κ3) is 2.52. The van der Waals surface area contributed by atoms with Gasteiger partial charge in [0, 0.05) is 24.7 Å². The second-order valence-corrected chi connectivity index (χ2v) is 5.10. The lowest BCUT2D eigenvalue weighted by atomic mass is 9.93. The van der Waals surface area contributed by atoms with Crippen LogP contribution in [-0.2, 0) is 4.74 Å². The molecule has 0 bridgehead atoms. The highest BCUT2D eigenvalue weighted by atomic mass is 16.5. The van der Waals surface area contributed by atoms with Gasteiger partial charge in [-0.1, -0.05) is 6.92 Å². The zero-order valence-electron chi connectivity index (χ0n) is 10.1. The Kier molecular flexibility index (Phi) is 3.65. The van der Waals surface area contributed by atoms with Crippen molar-refractivity contribution in [1.82, 2.24) is 10.2 Å². The van der Waals surface area contributed by atoms with Gasteiger partial charge in [-0.3, -0.25) is 4.90 Å². The Hall–Kier alpha value is -0.120. The van der Waals surface area contributed by atoms with E-state index in [1.54, 1.807) is 0 Å². The molecule has 0 aliphatic carbocycles. The Labute approximate surface area is 93.2 Å². The third-order valence-electron chi connectivity index (χ3n) is 4.09. The standard InChI is InChI=1S/C12H24N2O/c1-3-12(6-4-7-13-12)10-14(2)11-5-8-15-9-11/h11,13H,3-10H2,1-2H3. The molecule has 0 aromatic heterocycles. The quantitative estimate of drug-likeness (QED) is 0.759. The van der Waals surface area contributed by atoms with Gasteiger partial charge in [0.05, 0.1) is 6.61 Å². The SMILES string of the molecule is CCC1(CN(C)C2CCOC2)CCCN1. The molecule has 88 valence electrons. The van der Waals surface area contributed by atoms with Crippen molar-refractivity contribution < 1.29 is 4.74 Å². The highest BCUT2D eigenvalue weighted by Crippen LogP contribution is 2.25. The summed E-state index contributed by atoms with van der Waals surface area (Å²) in [6.45, 7) is 6.55. The van der Waals surface area contributed by atoms with Gasteiger partial charge in [0.1, 0.15) is 0 Å². The van der Waals surface area contributed by atoms with Gasteiger partial charge in [-0.2, -0.15) is 0 Å². The number of nitrogens with one attached hydrogen (secondary N) is 1. The van der Waals surface area contributed by atoms with Gasteiger partial charge in [0.2, 0.25) is 0 Å². The van der Waals surface area contributed by atoms with Gasteiger partial charge in [0.25, 0.3) is 0 Å². The lowest BCUT2D eigenvalue weighted by molar-refractivity contribution is 0.135. The van der Waals surface area contributed by atoms with Crippen LogP contribution in [-0.4, -0.2) is 49.8 Å². The van der Waals surface area contributed by atoms with Gasteiger partial charge in [0.15, 0.2) is 0 Å². The first-order valence-corrected chi connectivity index (χ1v) is 6.29. The van der Waals surface area contributed by atoms with Crippen LogP contribution in [0.4, 0.5) is 0 Å². The highest BCUT2D eigenvalue weighted by molar-refractivity contribution is 4.95. The minimum Gasteiger partial charge on any atom is -0.380 e. The van der Waals surface area contributed by atoms with E-state index in [2.05, 4.69) is 24.2 Å². The molecule has 2 aliphatic heterocycles. The molecule has 2 fully saturated rings. The summed E-state index contributed by atoms with van der Waals surface area (Å²) in [5.74, 6) is 0. The van der Waals surface area contributed by atoms with Crippen LogP contribution in [0.2, 0.25) is 0 Å². The summed E-state index contributed by atoms with van der Waals surface area (Å²) in [6.07, 6.45) is 5.12. The molecule has 2 saturated heterocycles. The van der Waals surface area contributed by atoms with Crippen LogP contribution in [0.5, 0.6) is 0 Å². The highest BCUT2D eigenvalue weighted by Gasteiger charge is 2.34. The van der Waals surface area contributed by atoms with E-state index < -0.39 is 0 Å². The second kappa shape index (κ2) is 4.81. The van der Waals surface area contributed by atoms with E-state index in [-0.39, 0.29) is 0 Å². The Morgan fingerprint density at radius 2 is 2.40 bits per heavy atom. The molecule has 2 atom stereocenters. The minimum absolute atomic E-state index is 0.386. The predicted octanol–water partition coefficient (Wildman–Crippen LogP) is 1.24. The molecule has 3 heteroatoms. The molecule has 0 amide bonds. The van der Waals surface area contributed by atoms with Crippen molar-refractivity contribution in [3.63, 3.8) is 0 Å². The molecule has 1 N–H and O–H groups in total. The average Bonchev–Trinajstić information content (AvgIpc) is 2.88. The molecule has 3 nitrogen and oxygen atoms in total. The van der Waals surface area contributed by atoms with E-state index in [1.807, 2.05) is 0 Å². The van der Waals surface area contributed by atoms with Gasteiger partial charge < -0.3 is 10.1 Å². The first-order chi connectivity index (χ1) is 7.26. The molecule has 2 unspecified atom stereocenters. The summed E-state index contributed by atoms with van der Waals surface area (Å²) in [7, 11) is 2.25. The molecule has 0 aromatic rings. The molecular formula is C12H24N2O. The summed E-state index contributed by atoms with van der Waals surface area (Å²) < 4.78 is 5.45. The number of hydrogen-bond donors (Lipinski definition) is 1. The van der Waals surface area contributed by atoms with Crippen LogP contribution in [0.25, 0.3) is 0 Å². The predicted molar refractivity (Wildman–Crippen MR) is 62.1 cm³/mol. The van der Waals surface area contributed by atoms with Crippen molar-refractivity contribution in [1.29, 1.82) is 0 Å². The average molecular weight is 212 g/mol. The van der Waals surface area contributed by atoms with Crippen molar-refractivity contribution in [3.8, 4) is 0 Å². The van der Waals surface area contributed by atoms with Gasteiger partial charge in [-0.15, -0.1) is 0 Å². The molecule has 2 aliphatic rings. The second-order valence-electron chi connectivity index (χ2n) is 5.10. The van der Waals surface area contributed by atoms with E-state index in [4.69, 9.17) is 4.74 Å². The monoisotopic (exact) mass is 212 g/mol. The Balaban J connectivity index is 1.88. The number of ether oxygens (including phenoxy) is 1. The summed E-state index contributed by atoms with van der Waals surface area (Å²) in [4.78, 5) is 2.49. The molecule has 0 saturated carbocycles. The third-order valence-corrected chi connectivity index (χ3v) is 4.09. The zero-order chi connectivity index (χ0) is 10.7. The normalized spacial score (nSPS) is 36.6. The minimum atomic E-state index is 0.386. The molecule has 0 aromatic carbocycles. The number of hydrogen-bond acceptors (Lipinski definition) is 3. The molecule has 0 spiro atoms. The lowest BCUT2D eigenvalue weighted by Crippen LogP contribution is -2.51. The van der Waals surface area contributed by atoms with Crippen LogP contribution in [0.15, 0.2) is 0 Å². The lowest BCUT2D eigenvalue weighted by Gasteiger charge is -2.35. The van der Waals surface area contributed by atoms with Gasteiger partial charge in [-0.25, -0.2) is 0 Å². The zero-order valence-corrected chi connectivity index (χ0v) is 10.1. The Morgan fingerprint density at radius 1 is 1.53 bits per heavy atom. The first-order valence-electron chi connectivity index (χ1n) is 6.29. The maximum atomic E-state index is 5.45. The number of rotatable bonds is 4. The number of likely N-dealkylation sites (N-methyl/N-ethyl adjacent to an activating group) is 1. The summed E-state index contributed by atoms with van der Waals surface area (Å²) in [6, 6.07) is 0.649. The fourth-order valence-corrected chi connectivity index (χ4v) is 2.89. The largest absolute Gasteiger partial charge is 0.380 e. The molecule has 0 radical (unpaired) electrons. The fourth-order valence-electron chi connectivity index (χ4n) is 2.89. The van der Waals surface area contributed by atoms with Crippen LogP contribution in [0.1, 0.15) is 32.6 Å². The summed E-state index contributed by atoms with van der Waals surface area (Å²) in [5.41, 5.74) is 0.386. The van der Waals surface area contributed by atoms with Gasteiger partial charge >= 0.3 is 0 Å². The molecule has 2 rings (SSSR count). The van der Waals surface area contributed by atoms with E-state index in [0.29, 0.717) is 11.6 Å². The first kappa shape index (κ1) is 11.4. The summed E-state index contributed by atoms with van der Waals surface area (Å²) in [5, 5.41) is 3.69.